The van der Waals surface area contributed by atoms with E-state index in [1.807, 2.05) is 7.05 Å². The second kappa shape index (κ2) is 42.9. The van der Waals surface area contributed by atoms with E-state index in [0.717, 1.165) is 64.3 Å². The second-order valence-corrected chi connectivity index (χ2v) is 16.9. The third-order valence-corrected chi connectivity index (χ3v) is 11.1. The van der Waals surface area contributed by atoms with Crippen LogP contribution >= 0.6 is 0 Å². The molecule has 1 N–H and O–H groups in total. The van der Waals surface area contributed by atoms with Gasteiger partial charge in [0, 0.05) is 6.42 Å². The fourth-order valence-corrected chi connectivity index (χ4v) is 7.34. The topological polar surface area (TPSA) is 117 Å². The third kappa shape index (κ3) is 35.8. The van der Waals surface area contributed by atoms with Crippen molar-refractivity contribution in [1.29, 1.82) is 0 Å². The van der Waals surface area contributed by atoms with Crippen LogP contribution in [0, 0.1) is 0 Å². The Morgan fingerprint density at radius 3 is 1.03 bits per heavy atom. The number of carbonyl (C=O) groups excluding carboxylic acids is 4. The standard InChI is InChI=1S/C49H93NO8/c1-5-8-11-14-17-20-23-26-29-35-40-55-46(52)43-49(58-45(51)38-33-32-34-39-50-4,48(54)57-42-37-31-28-25-22-19-16-13-10-7-3)44-47(53)56-41-36-30-27-24-21-18-15-12-9-6-2/h50H,5-44H2,1-4H3. The lowest BCUT2D eigenvalue weighted by atomic mass is 9.94. The number of nitrogens with one attached hydrogen (secondary N) is 1. The van der Waals surface area contributed by atoms with Gasteiger partial charge in [-0.2, -0.15) is 0 Å². The van der Waals surface area contributed by atoms with Crippen LogP contribution in [0.15, 0.2) is 0 Å². The minimum Gasteiger partial charge on any atom is -0.466 e. The van der Waals surface area contributed by atoms with Gasteiger partial charge in [0.25, 0.3) is 0 Å². The van der Waals surface area contributed by atoms with E-state index in [4.69, 9.17) is 18.9 Å². The van der Waals surface area contributed by atoms with E-state index < -0.39 is 42.3 Å². The average molecular weight is 824 g/mol. The monoisotopic (exact) mass is 824 g/mol. The smallest absolute Gasteiger partial charge is 0.351 e. The van der Waals surface area contributed by atoms with E-state index in [2.05, 4.69) is 26.1 Å². The molecule has 58 heavy (non-hydrogen) atoms. The van der Waals surface area contributed by atoms with Gasteiger partial charge < -0.3 is 24.3 Å². The molecule has 0 aromatic carbocycles. The maximum atomic E-state index is 13.9. The first-order valence-corrected chi connectivity index (χ1v) is 24.7. The number of unbranched alkanes of at least 4 members (excludes halogenated alkanes) is 29. The van der Waals surface area contributed by atoms with Crippen LogP contribution in [-0.4, -0.2) is 62.9 Å². The van der Waals surface area contributed by atoms with Gasteiger partial charge in [-0.15, -0.1) is 0 Å². The molecule has 0 radical (unpaired) electrons. The number of ether oxygens (including phenoxy) is 4. The first-order valence-electron chi connectivity index (χ1n) is 24.7. The maximum absolute atomic E-state index is 13.9. The van der Waals surface area contributed by atoms with Crippen LogP contribution in [0.1, 0.15) is 252 Å². The second-order valence-electron chi connectivity index (χ2n) is 16.9. The summed E-state index contributed by atoms with van der Waals surface area (Å²) >= 11 is 0. The van der Waals surface area contributed by atoms with Crippen molar-refractivity contribution in [1.82, 2.24) is 5.32 Å². The van der Waals surface area contributed by atoms with E-state index in [9.17, 15) is 19.2 Å². The fourth-order valence-electron chi connectivity index (χ4n) is 7.34. The number of esters is 4. The highest BCUT2D eigenvalue weighted by molar-refractivity contribution is 5.92. The highest BCUT2D eigenvalue weighted by Crippen LogP contribution is 2.27. The zero-order chi connectivity index (χ0) is 42.6. The molecule has 9 nitrogen and oxygen atoms in total. The van der Waals surface area contributed by atoms with Crippen molar-refractivity contribution in [3.63, 3.8) is 0 Å². The summed E-state index contributed by atoms with van der Waals surface area (Å²) < 4.78 is 22.8. The van der Waals surface area contributed by atoms with Crippen molar-refractivity contribution in [3.05, 3.63) is 0 Å². The van der Waals surface area contributed by atoms with Crippen LogP contribution in [0.3, 0.4) is 0 Å². The van der Waals surface area contributed by atoms with Crippen molar-refractivity contribution >= 4 is 23.9 Å². The molecule has 0 saturated heterocycles. The van der Waals surface area contributed by atoms with Gasteiger partial charge in [-0.25, -0.2) is 4.79 Å². The van der Waals surface area contributed by atoms with Crippen LogP contribution in [-0.2, 0) is 38.1 Å². The number of carbonyl (C=O) groups is 4. The van der Waals surface area contributed by atoms with Crippen molar-refractivity contribution in [2.24, 2.45) is 0 Å². The van der Waals surface area contributed by atoms with Gasteiger partial charge in [0.1, 0.15) is 0 Å². The normalized spacial score (nSPS) is 11.4. The summed E-state index contributed by atoms with van der Waals surface area (Å²) in [6, 6.07) is 0. The molecule has 0 aliphatic rings. The first-order chi connectivity index (χ1) is 28.3. The molecule has 0 unspecified atom stereocenters. The molecule has 0 spiro atoms. The van der Waals surface area contributed by atoms with Crippen molar-refractivity contribution in [2.45, 2.75) is 258 Å². The summed E-state index contributed by atoms with van der Waals surface area (Å²) in [5.41, 5.74) is -2.13. The minimum absolute atomic E-state index is 0.0679. The van der Waals surface area contributed by atoms with E-state index in [0.29, 0.717) is 25.7 Å². The molecule has 0 atom stereocenters. The molecule has 342 valence electrons. The summed E-state index contributed by atoms with van der Waals surface area (Å²) in [4.78, 5) is 53.9. The molecule has 0 saturated carbocycles. The lowest BCUT2D eigenvalue weighted by Crippen LogP contribution is -2.48. The Morgan fingerprint density at radius 2 is 0.690 bits per heavy atom. The average Bonchev–Trinajstić information content (AvgIpc) is 3.20. The molecular formula is C49H93NO8. The fraction of sp³-hybridized carbons (Fsp3) is 0.918. The first kappa shape index (κ1) is 55.8. The van der Waals surface area contributed by atoms with Crippen LogP contribution in [0.5, 0.6) is 0 Å². The molecule has 0 rings (SSSR count). The van der Waals surface area contributed by atoms with Gasteiger partial charge in [0.2, 0.25) is 5.60 Å². The number of hydrogen-bond donors (Lipinski definition) is 1. The van der Waals surface area contributed by atoms with Crippen LogP contribution in [0.25, 0.3) is 0 Å². The van der Waals surface area contributed by atoms with Crippen molar-refractivity contribution in [3.8, 4) is 0 Å². The zero-order valence-corrected chi connectivity index (χ0v) is 38.6. The van der Waals surface area contributed by atoms with Crippen LogP contribution < -0.4 is 5.32 Å². The maximum Gasteiger partial charge on any atom is 0.351 e. The molecule has 0 aliphatic carbocycles. The Hall–Kier alpha value is -2.16. The van der Waals surface area contributed by atoms with E-state index >= 15 is 0 Å². The van der Waals surface area contributed by atoms with Gasteiger partial charge in [-0.05, 0) is 45.7 Å². The quantitative estimate of drug-likeness (QED) is 0.0364. The summed E-state index contributed by atoms with van der Waals surface area (Å²) in [6.45, 7) is 8.07. The molecule has 0 aliphatic heterocycles. The van der Waals surface area contributed by atoms with Gasteiger partial charge in [-0.3, -0.25) is 14.4 Å². The lowest BCUT2D eigenvalue weighted by Gasteiger charge is -2.30. The zero-order valence-electron chi connectivity index (χ0n) is 38.6. The van der Waals surface area contributed by atoms with Gasteiger partial charge in [0.15, 0.2) is 0 Å². The van der Waals surface area contributed by atoms with Gasteiger partial charge >= 0.3 is 23.9 Å². The van der Waals surface area contributed by atoms with Crippen molar-refractivity contribution in [2.75, 3.05) is 33.4 Å². The van der Waals surface area contributed by atoms with Crippen molar-refractivity contribution < 1.29 is 38.1 Å². The molecule has 0 amide bonds. The predicted octanol–water partition coefficient (Wildman–Crippen LogP) is 13.2. The summed E-state index contributed by atoms with van der Waals surface area (Å²) in [7, 11) is 1.88. The lowest BCUT2D eigenvalue weighted by molar-refractivity contribution is -0.191. The SMILES string of the molecule is CCCCCCCCCCCCOC(=O)CC(CC(=O)OCCCCCCCCCCCC)(OC(=O)CCCCCNC)C(=O)OCCCCCCCCCCCC. The van der Waals surface area contributed by atoms with E-state index in [1.165, 1.54) is 128 Å². The Labute approximate surface area is 357 Å². The molecule has 0 fully saturated rings. The molecule has 0 bridgehead atoms. The van der Waals surface area contributed by atoms with E-state index in [-0.39, 0.29) is 26.2 Å². The Bertz CT molecular complexity index is 917. The molecule has 0 aromatic rings. The number of rotatable bonds is 45. The largest absolute Gasteiger partial charge is 0.466 e. The Balaban J connectivity index is 5.41. The Kier molecular flexibility index (Phi) is 41.3. The van der Waals surface area contributed by atoms with E-state index in [1.54, 1.807) is 0 Å². The molecule has 0 aromatic heterocycles. The summed E-state index contributed by atoms with van der Waals surface area (Å²) in [6.07, 6.45) is 35.6. The molecular weight excluding hydrogens is 731 g/mol. The minimum atomic E-state index is -2.13. The summed E-state index contributed by atoms with van der Waals surface area (Å²) in [5.74, 6) is -2.88. The highest BCUT2D eigenvalue weighted by Gasteiger charge is 2.49. The molecule has 9 heteroatoms. The molecule has 0 heterocycles. The number of hydrogen-bond acceptors (Lipinski definition) is 9. The third-order valence-electron chi connectivity index (χ3n) is 11.1. The van der Waals surface area contributed by atoms with Gasteiger partial charge in [-0.1, -0.05) is 201 Å². The Morgan fingerprint density at radius 1 is 0.379 bits per heavy atom. The summed E-state index contributed by atoms with van der Waals surface area (Å²) in [5, 5.41) is 3.10. The van der Waals surface area contributed by atoms with Gasteiger partial charge in [0.05, 0.1) is 32.7 Å². The van der Waals surface area contributed by atoms with Crippen LogP contribution in [0.2, 0.25) is 0 Å². The predicted molar refractivity (Wildman–Crippen MR) is 239 cm³/mol. The highest BCUT2D eigenvalue weighted by atomic mass is 16.6. The van der Waals surface area contributed by atoms with Crippen LogP contribution in [0.4, 0.5) is 0 Å².